The molecule has 0 aromatic heterocycles. The second-order valence-electron chi connectivity index (χ2n) is 9.97. The molecule has 4 aromatic rings. The average molecular weight is 533 g/mol. The van der Waals surface area contributed by atoms with Crippen LogP contribution in [0.4, 0.5) is 22.7 Å². The van der Waals surface area contributed by atoms with Crippen LogP contribution < -0.4 is 10.6 Å². The average Bonchev–Trinajstić information content (AvgIpc) is 3.03. The Kier molecular flexibility index (Phi) is 8.27. The molecule has 0 atom stereocenters. The zero-order chi connectivity index (χ0) is 27.0. The monoisotopic (exact) mass is 532 g/mol. The SMILES string of the molecule is c1ccc(Nc2cccc(C(=C(c3ccccc3)N3CCOCC3)N3CCOCC3)c2Nc2ccccc2)cc1. The van der Waals surface area contributed by atoms with Crippen molar-refractivity contribution >= 4 is 34.1 Å². The maximum atomic E-state index is 5.82. The Labute approximate surface area is 236 Å². The molecule has 2 aliphatic rings. The molecule has 40 heavy (non-hydrogen) atoms. The fraction of sp³-hybridized carbons (Fsp3) is 0.235. The number of hydrogen-bond donors (Lipinski definition) is 2. The van der Waals surface area contributed by atoms with E-state index in [1.165, 1.54) is 17.0 Å². The van der Waals surface area contributed by atoms with Crippen LogP contribution in [-0.2, 0) is 9.47 Å². The van der Waals surface area contributed by atoms with Crippen molar-refractivity contribution in [2.24, 2.45) is 0 Å². The molecule has 0 saturated carbocycles. The first-order valence-electron chi connectivity index (χ1n) is 14.1. The van der Waals surface area contributed by atoms with Gasteiger partial charge in [-0.15, -0.1) is 0 Å². The predicted octanol–water partition coefficient (Wildman–Crippen LogP) is 6.66. The summed E-state index contributed by atoms with van der Waals surface area (Å²) in [6, 6.07) is 38.1. The lowest BCUT2D eigenvalue weighted by atomic mass is 9.99. The maximum Gasteiger partial charge on any atom is 0.0718 e. The smallest absolute Gasteiger partial charge is 0.0718 e. The molecule has 2 heterocycles. The summed E-state index contributed by atoms with van der Waals surface area (Å²) in [5.41, 5.74) is 8.96. The third-order valence-corrected chi connectivity index (χ3v) is 7.34. The minimum atomic E-state index is 0.706. The van der Waals surface area contributed by atoms with Crippen LogP contribution in [0.3, 0.4) is 0 Å². The Hall–Kier alpha value is -4.26. The molecule has 6 heteroatoms. The van der Waals surface area contributed by atoms with Gasteiger partial charge in [-0.1, -0.05) is 78.9 Å². The summed E-state index contributed by atoms with van der Waals surface area (Å²) in [5.74, 6) is 0. The van der Waals surface area contributed by atoms with E-state index in [4.69, 9.17) is 9.47 Å². The van der Waals surface area contributed by atoms with Crippen molar-refractivity contribution in [2.45, 2.75) is 0 Å². The summed E-state index contributed by atoms with van der Waals surface area (Å²) >= 11 is 0. The fourth-order valence-corrected chi connectivity index (χ4v) is 5.42. The standard InChI is InChI=1S/C34H36N4O2/c1-4-11-27(12-5-1)33(37-19-23-39-24-20-37)34(38-21-25-40-26-22-38)30-17-10-18-31(35-28-13-6-2-7-14-28)32(30)36-29-15-8-3-9-16-29/h1-18,35-36H,19-26H2. The van der Waals surface area contributed by atoms with Gasteiger partial charge >= 0.3 is 0 Å². The molecule has 6 nitrogen and oxygen atoms in total. The van der Waals surface area contributed by atoms with Crippen LogP contribution in [0, 0.1) is 0 Å². The van der Waals surface area contributed by atoms with Gasteiger partial charge in [0.25, 0.3) is 0 Å². The van der Waals surface area contributed by atoms with E-state index in [0.29, 0.717) is 13.2 Å². The zero-order valence-electron chi connectivity index (χ0n) is 22.8. The zero-order valence-corrected chi connectivity index (χ0v) is 22.8. The minimum absolute atomic E-state index is 0.706. The van der Waals surface area contributed by atoms with Crippen molar-refractivity contribution < 1.29 is 9.47 Å². The van der Waals surface area contributed by atoms with E-state index >= 15 is 0 Å². The molecule has 0 bridgehead atoms. The molecular weight excluding hydrogens is 496 g/mol. The van der Waals surface area contributed by atoms with Gasteiger partial charge in [0.1, 0.15) is 0 Å². The number of benzene rings is 4. The van der Waals surface area contributed by atoms with E-state index in [0.717, 1.165) is 67.7 Å². The molecule has 0 spiro atoms. The molecule has 2 saturated heterocycles. The molecule has 2 aliphatic heterocycles. The Morgan fingerprint density at radius 2 is 1.00 bits per heavy atom. The number of nitrogens with zero attached hydrogens (tertiary/aromatic N) is 2. The van der Waals surface area contributed by atoms with Crippen LogP contribution in [0.15, 0.2) is 109 Å². The largest absolute Gasteiger partial charge is 0.378 e. The highest BCUT2D eigenvalue weighted by atomic mass is 16.5. The Morgan fingerprint density at radius 3 is 1.57 bits per heavy atom. The Morgan fingerprint density at radius 1 is 0.500 bits per heavy atom. The van der Waals surface area contributed by atoms with Crippen LogP contribution in [0.5, 0.6) is 0 Å². The molecule has 0 amide bonds. The van der Waals surface area contributed by atoms with Crippen molar-refractivity contribution in [3.8, 4) is 0 Å². The van der Waals surface area contributed by atoms with Gasteiger partial charge in [-0.3, -0.25) is 0 Å². The lowest BCUT2D eigenvalue weighted by Gasteiger charge is -2.39. The van der Waals surface area contributed by atoms with Crippen molar-refractivity contribution in [1.29, 1.82) is 0 Å². The summed E-state index contributed by atoms with van der Waals surface area (Å²) in [7, 11) is 0. The minimum Gasteiger partial charge on any atom is -0.378 e. The van der Waals surface area contributed by atoms with Crippen molar-refractivity contribution in [3.05, 3.63) is 120 Å². The Balaban J connectivity index is 1.58. The van der Waals surface area contributed by atoms with Gasteiger partial charge in [0.05, 0.1) is 49.2 Å². The van der Waals surface area contributed by atoms with Gasteiger partial charge in [0.15, 0.2) is 0 Å². The fourth-order valence-electron chi connectivity index (χ4n) is 5.42. The van der Waals surface area contributed by atoms with E-state index in [9.17, 15) is 0 Å². The number of para-hydroxylation sites is 3. The first-order valence-corrected chi connectivity index (χ1v) is 14.1. The third kappa shape index (κ3) is 5.98. The van der Waals surface area contributed by atoms with Crippen molar-refractivity contribution in [3.63, 3.8) is 0 Å². The molecule has 0 aliphatic carbocycles. The Bertz CT molecular complexity index is 1400. The number of anilines is 4. The quantitative estimate of drug-likeness (QED) is 0.247. The van der Waals surface area contributed by atoms with Crippen molar-refractivity contribution in [2.75, 3.05) is 63.2 Å². The lowest BCUT2D eigenvalue weighted by molar-refractivity contribution is 0.0583. The normalized spacial score (nSPS) is 16.3. The van der Waals surface area contributed by atoms with Gasteiger partial charge in [0, 0.05) is 43.1 Å². The topological polar surface area (TPSA) is 49.0 Å². The highest BCUT2D eigenvalue weighted by Crippen LogP contribution is 2.41. The van der Waals surface area contributed by atoms with Crippen molar-refractivity contribution in [1.82, 2.24) is 9.80 Å². The van der Waals surface area contributed by atoms with Gasteiger partial charge < -0.3 is 29.9 Å². The number of ether oxygens (including phenoxy) is 2. The summed E-state index contributed by atoms with van der Waals surface area (Å²) < 4.78 is 11.6. The molecule has 2 N–H and O–H groups in total. The molecular formula is C34H36N4O2. The molecule has 0 unspecified atom stereocenters. The van der Waals surface area contributed by atoms with Crippen LogP contribution >= 0.6 is 0 Å². The van der Waals surface area contributed by atoms with Gasteiger partial charge in [0.2, 0.25) is 0 Å². The molecule has 204 valence electrons. The second-order valence-corrected chi connectivity index (χ2v) is 9.97. The van der Waals surface area contributed by atoms with Crippen LogP contribution in [-0.4, -0.2) is 62.4 Å². The highest BCUT2D eigenvalue weighted by molar-refractivity contribution is 5.97. The lowest BCUT2D eigenvalue weighted by Crippen LogP contribution is -2.40. The van der Waals surface area contributed by atoms with E-state index in [-0.39, 0.29) is 0 Å². The highest BCUT2D eigenvalue weighted by Gasteiger charge is 2.28. The van der Waals surface area contributed by atoms with Gasteiger partial charge in [-0.25, -0.2) is 0 Å². The van der Waals surface area contributed by atoms with Crippen LogP contribution in [0.2, 0.25) is 0 Å². The summed E-state index contributed by atoms with van der Waals surface area (Å²) in [6.07, 6.45) is 0. The number of morpholine rings is 2. The van der Waals surface area contributed by atoms with Crippen LogP contribution in [0.1, 0.15) is 11.1 Å². The molecule has 4 aromatic carbocycles. The molecule has 0 radical (unpaired) electrons. The van der Waals surface area contributed by atoms with Gasteiger partial charge in [-0.05, 0) is 35.9 Å². The van der Waals surface area contributed by atoms with Crippen LogP contribution in [0.25, 0.3) is 11.4 Å². The first-order chi connectivity index (χ1) is 19.9. The first kappa shape index (κ1) is 26.0. The van der Waals surface area contributed by atoms with E-state index in [1.54, 1.807) is 0 Å². The summed E-state index contributed by atoms with van der Waals surface area (Å²) in [5, 5.41) is 7.48. The third-order valence-electron chi connectivity index (χ3n) is 7.34. The van der Waals surface area contributed by atoms with E-state index in [2.05, 4.69) is 117 Å². The van der Waals surface area contributed by atoms with E-state index in [1.807, 2.05) is 12.1 Å². The number of rotatable bonds is 8. The molecule has 2 fully saturated rings. The van der Waals surface area contributed by atoms with Gasteiger partial charge in [-0.2, -0.15) is 0 Å². The summed E-state index contributed by atoms with van der Waals surface area (Å²) in [6.45, 7) is 6.21. The number of nitrogens with one attached hydrogen (secondary N) is 2. The maximum absolute atomic E-state index is 5.82. The molecule has 6 rings (SSSR count). The predicted molar refractivity (Wildman–Crippen MR) is 164 cm³/mol. The van der Waals surface area contributed by atoms with E-state index < -0.39 is 0 Å². The summed E-state index contributed by atoms with van der Waals surface area (Å²) in [4.78, 5) is 4.99. The number of hydrogen-bond acceptors (Lipinski definition) is 6. The second kappa shape index (κ2) is 12.7.